The Balaban J connectivity index is 1.58. The van der Waals surface area contributed by atoms with Crippen LogP contribution < -0.4 is 0 Å². The second-order valence-electron chi connectivity index (χ2n) is 5.64. The Bertz CT molecular complexity index is 660. The Morgan fingerprint density at radius 2 is 2.00 bits per heavy atom. The summed E-state index contributed by atoms with van der Waals surface area (Å²) in [6.07, 6.45) is 2.12. The van der Waals surface area contributed by atoms with Gasteiger partial charge in [0, 0.05) is 23.2 Å². The SMILES string of the molecule is Cc1ccccc1SC1CCN(C(=O)c2scnc2C)CC1. The van der Waals surface area contributed by atoms with Gasteiger partial charge in [0.2, 0.25) is 0 Å². The number of hydrogen-bond donors (Lipinski definition) is 0. The van der Waals surface area contributed by atoms with Crippen LogP contribution >= 0.6 is 23.1 Å². The molecule has 116 valence electrons. The average molecular weight is 332 g/mol. The molecule has 1 amide bonds. The summed E-state index contributed by atoms with van der Waals surface area (Å²) in [5.74, 6) is 0.152. The fraction of sp³-hybridized carbons (Fsp3) is 0.412. The summed E-state index contributed by atoms with van der Waals surface area (Å²) in [6.45, 7) is 5.76. The quantitative estimate of drug-likeness (QED) is 0.846. The molecule has 0 bridgehead atoms. The third kappa shape index (κ3) is 3.36. The molecule has 1 saturated heterocycles. The predicted octanol–water partition coefficient (Wildman–Crippen LogP) is 4.16. The molecule has 22 heavy (non-hydrogen) atoms. The molecule has 1 aromatic heterocycles. The van der Waals surface area contributed by atoms with Gasteiger partial charge in [0.15, 0.2) is 0 Å². The van der Waals surface area contributed by atoms with Crippen LogP contribution in [0.25, 0.3) is 0 Å². The monoisotopic (exact) mass is 332 g/mol. The van der Waals surface area contributed by atoms with Crippen LogP contribution in [0, 0.1) is 13.8 Å². The molecule has 0 unspecified atom stereocenters. The molecule has 3 nitrogen and oxygen atoms in total. The van der Waals surface area contributed by atoms with Gasteiger partial charge in [-0.3, -0.25) is 4.79 Å². The lowest BCUT2D eigenvalue weighted by Gasteiger charge is -2.31. The van der Waals surface area contributed by atoms with Crippen LogP contribution in [0.1, 0.15) is 33.8 Å². The van der Waals surface area contributed by atoms with Crippen molar-refractivity contribution in [3.05, 3.63) is 45.9 Å². The van der Waals surface area contributed by atoms with E-state index in [1.165, 1.54) is 21.8 Å². The lowest BCUT2D eigenvalue weighted by atomic mass is 10.1. The third-order valence-corrected chi connectivity index (χ3v) is 6.49. The van der Waals surface area contributed by atoms with Crippen molar-refractivity contribution >= 4 is 29.0 Å². The molecule has 0 saturated carbocycles. The molecule has 0 aliphatic carbocycles. The first-order valence-electron chi connectivity index (χ1n) is 7.57. The lowest BCUT2D eigenvalue weighted by Crippen LogP contribution is -2.39. The van der Waals surface area contributed by atoms with E-state index in [0.29, 0.717) is 5.25 Å². The number of thiazole rings is 1. The second kappa shape index (κ2) is 6.84. The average Bonchev–Trinajstić information content (AvgIpc) is 2.96. The molecule has 1 aliphatic heterocycles. The van der Waals surface area contributed by atoms with Gasteiger partial charge < -0.3 is 4.90 Å². The summed E-state index contributed by atoms with van der Waals surface area (Å²) in [5, 5.41) is 0.604. The Labute approximate surface area is 139 Å². The van der Waals surface area contributed by atoms with E-state index in [2.05, 4.69) is 36.2 Å². The summed E-state index contributed by atoms with van der Waals surface area (Å²) in [6, 6.07) is 8.53. The van der Waals surface area contributed by atoms with Crippen LogP contribution in [0.3, 0.4) is 0 Å². The Morgan fingerprint density at radius 3 is 2.64 bits per heavy atom. The van der Waals surface area contributed by atoms with Crippen LogP contribution in [0.4, 0.5) is 0 Å². The molecule has 2 heterocycles. The van der Waals surface area contributed by atoms with Crippen molar-refractivity contribution in [2.24, 2.45) is 0 Å². The Hall–Kier alpha value is -1.33. The van der Waals surface area contributed by atoms with E-state index in [4.69, 9.17) is 0 Å². The largest absolute Gasteiger partial charge is 0.338 e. The number of rotatable bonds is 3. The summed E-state index contributed by atoms with van der Waals surface area (Å²) in [5.41, 5.74) is 3.95. The van der Waals surface area contributed by atoms with E-state index in [0.717, 1.165) is 36.5 Å². The van der Waals surface area contributed by atoms with Crippen LogP contribution in [-0.4, -0.2) is 34.1 Å². The topological polar surface area (TPSA) is 33.2 Å². The number of benzene rings is 1. The molecular formula is C17H20N2OS2. The summed E-state index contributed by atoms with van der Waals surface area (Å²) < 4.78 is 0. The number of likely N-dealkylation sites (tertiary alicyclic amines) is 1. The van der Waals surface area contributed by atoms with Gasteiger partial charge in [0.1, 0.15) is 4.88 Å². The molecule has 1 aromatic carbocycles. The van der Waals surface area contributed by atoms with Gasteiger partial charge in [-0.1, -0.05) is 18.2 Å². The lowest BCUT2D eigenvalue weighted by molar-refractivity contribution is 0.0731. The van der Waals surface area contributed by atoms with Crippen molar-refractivity contribution in [2.75, 3.05) is 13.1 Å². The molecular weight excluding hydrogens is 312 g/mol. The van der Waals surface area contributed by atoms with E-state index in [1.54, 1.807) is 5.51 Å². The van der Waals surface area contributed by atoms with Gasteiger partial charge in [-0.05, 0) is 38.3 Å². The molecule has 2 aromatic rings. The zero-order valence-corrected chi connectivity index (χ0v) is 14.5. The number of amides is 1. The highest BCUT2D eigenvalue weighted by Crippen LogP contribution is 2.32. The van der Waals surface area contributed by atoms with Gasteiger partial charge >= 0.3 is 0 Å². The van der Waals surface area contributed by atoms with Gasteiger partial charge in [-0.25, -0.2) is 4.98 Å². The van der Waals surface area contributed by atoms with Gasteiger partial charge in [-0.2, -0.15) is 0 Å². The van der Waals surface area contributed by atoms with E-state index in [1.807, 2.05) is 23.6 Å². The number of carbonyl (C=O) groups excluding carboxylic acids is 1. The highest BCUT2D eigenvalue weighted by atomic mass is 32.2. The van der Waals surface area contributed by atoms with Crippen molar-refractivity contribution in [1.29, 1.82) is 0 Å². The summed E-state index contributed by atoms with van der Waals surface area (Å²) >= 11 is 3.41. The van der Waals surface area contributed by atoms with E-state index >= 15 is 0 Å². The maximum absolute atomic E-state index is 12.5. The smallest absolute Gasteiger partial charge is 0.265 e. The molecule has 3 rings (SSSR count). The van der Waals surface area contributed by atoms with Crippen molar-refractivity contribution in [1.82, 2.24) is 9.88 Å². The zero-order valence-electron chi connectivity index (χ0n) is 12.9. The number of piperidine rings is 1. The molecule has 1 aliphatic rings. The Kier molecular flexibility index (Phi) is 4.84. The third-order valence-electron chi connectivity index (χ3n) is 4.06. The number of thioether (sulfide) groups is 1. The highest BCUT2D eigenvalue weighted by Gasteiger charge is 2.26. The molecule has 0 spiro atoms. The minimum Gasteiger partial charge on any atom is -0.338 e. The van der Waals surface area contributed by atoms with E-state index in [-0.39, 0.29) is 5.91 Å². The van der Waals surface area contributed by atoms with Gasteiger partial charge in [0.05, 0.1) is 11.2 Å². The fourth-order valence-electron chi connectivity index (χ4n) is 2.70. The normalized spacial score (nSPS) is 16.0. The van der Waals surface area contributed by atoms with Crippen LogP contribution in [-0.2, 0) is 0 Å². The number of carbonyl (C=O) groups is 1. The van der Waals surface area contributed by atoms with Gasteiger partial charge in [-0.15, -0.1) is 23.1 Å². The summed E-state index contributed by atoms with van der Waals surface area (Å²) in [4.78, 5) is 20.8. The van der Waals surface area contributed by atoms with Crippen LogP contribution in [0.15, 0.2) is 34.7 Å². The standard InChI is InChI=1S/C17H20N2OS2/c1-12-5-3-4-6-15(12)22-14-7-9-19(10-8-14)17(20)16-13(2)18-11-21-16/h3-6,11,14H,7-10H2,1-2H3. The first kappa shape index (κ1) is 15.6. The van der Waals surface area contributed by atoms with Crippen molar-refractivity contribution < 1.29 is 4.79 Å². The minimum atomic E-state index is 0.152. The first-order valence-corrected chi connectivity index (χ1v) is 9.32. The number of aryl methyl sites for hydroxylation is 2. The van der Waals surface area contributed by atoms with E-state index < -0.39 is 0 Å². The Morgan fingerprint density at radius 1 is 1.27 bits per heavy atom. The minimum absolute atomic E-state index is 0.152. The van der Waals surface area contributed by atoms with Crippen molar-refractivity contribution in [3.8, 4) is 0 Å². The maximum Gasteiger partial charge on any atom is 0.265 e. The predicted molar refractivity (Wildman–Crippen MR) is 92.8 cm³/mol. The molecule has 5 heteroatoms. The number of hydrogen-bond acceptors (Lipinski definition) is 4. The van der Waals surface area contributed by atoms with Crippen molar-refractivity contribution in [3.63, 3.8) is 0 Å². The zero-order chi connectivity index (χ0) is 15.5. The second-order valence-corrected chi connectivity index (χ2v) is 7.84. The summed E-state index contributed by atoms with van der Waals surface area (Å²) in [7, 11) is 0. The maximum atomic E-state index is 12.5. The first-order chi connectivity index (χ1) is 10.6. The van der Waals surface area contributed by atoms with Crippen LogP contribution in [0.5, 0.6) is 0 Å². The van der Waals surface area contributed by atoms with Gasteiger partial charge in [0.25, 0.3) is 5.91 Å². The highest BCUT2D eigenvalue weighted by molar-refractivity contribution is 8.00. The fourth-order valence-corrected chi connectivity index (χ4v) is 4.68. The molecule has 0 atom stereocenters. The van der Waals surface area contributed by atoms with E-state index in [9.17, 15) is 4.79 Å². The van der Waals surface area contributed by atoms with Crippen LogP contribution in [0.2, 0.25) is 0 Å². The number of aromatic nitrogens is 1. The number of nitrogens with zero attached hydrogens (tertiary/aromatic N) is 2. The molecule has 0 radical (unpaired) electrons. The van der Waals surface area contributed by atoms with Crippen molar-refractivity contribution in [2.45, 2.75) is 36.8 Å². The molecule has 0 N–H and O–H groups in total. The molecule has 1 fully saturated rings.